The molecule has 6 heteroatoms. The Hall–Kier alpha value is -3.51. The minimum atomic E-state index is -0.247. The van der Waals surface area contributed by atoms with E-state index in [4.69, 9.17) is 0 Å². The van der Waals surface area contributed by atoms with Crippen molar-refractivity contribution < 1.29 is 9.59 Å². The summed E-state index contributed by atoms with van der Waals surface area (Å²) < 4.78 is 0. The second-order valence-electron chi connectivity index (χ2n) is 7.88. The number of amides is 2. The van der Waals surface area contributed by atoms with Crippen LogP contribution in [0, 0.1) is 20.8 Å². The number of carbonyl (C=O) groups excluding carboxylic acids is 2. The molecule has 0 atom stereocenters. The van der Waals surface area contributed by atoms with E-state index in [-0.39, 0.29) is 11.8 Å². The Morgan fingerprint density at radius 1 is 0.938 bits per heavy atom. The van der Waals surface area contributed by atoms with Crippen LogP contribution in [-0.4, -0.2) is 23.3 Å². The van der Waals surface area contributed by atoms with Crippen LogP contribution in [0.15, 0.2) is 60.7 Å². The fourth-order valence-corrected chi connectivity index (χ4v) is 4.82. The van der Waals surface area contributed by atoms with Crippen molar-refractivity contribution in [2.75, 3.05) is 11.9 Å². The van der Waals surface area contributed by atoms with E-state index in [1.54, 1.807) is 12.1 Å². The highest BCUT2D eigenvalue weighted by molar-refractivity contribution is 7.21. The number of thiophene rings is 1. The van der Waals surface area contributed by atoms with E-state index in [2.05, 4.69) is 15.6 Å². The third-order valence-corrected chi connectivity index (χ3v) is 6.37. The molecular weight excluding hydrogens is 418 g/mol. The molecule has 2 amide bonds. The second-order valence-corrected chi connectivity index (χ2v) is 8.88. The van der Waals surface area contributed by atoms with Gasteiger partial charge in [-0.05, 0) is 56.5 Å². The molecule has 162 valence electrons. The van der Waals surface area contributed by atoms with Gasteiger partial charge in [-0.25, -0.2) is 4.98 Å². The van der Waals surface area contributed by atoms with Gasteiger partial charge in [-0.2, -0.15) is 0 Å². The molecule has 0 fully saturated rings. The van der Waals surface area contributed by atoms with Gasteiger partial charge in [-0.3, -0.25) is 9.59 Å². The van der Waals surface area contributed by atoms with Crippen molar-refractivity contribution in [2.24, 2.45) is 0 Å². The van der Waals surface area contributed by atoms with Crippen LogP contribution in [0.5, 0.6) is 0 Å². The van der Waals surface area contributed by atoms with Crippen LogP contribution >= 0.6 is 11.3 Å². The van der Waals surface area contributed by atoms with Gasteiger partial charge in [0, 0.05) is 23.2 Å². The van der Waals surface area contributed by atoms with Crippen molar-refractivity contribution in [1.82, 2.24) is 10.3 Å². The zero-order valence-electron chi connectivity index (χ0n) is 18.4. The molecular formula is C26H25N3O2S. The Kier molecular flexibility index (Phi) is 6.32. The molecule has 0 saturated carbocycles. The van der Waals surface area contributed by atoms with Gasteiger partial charge in [0.05, 0.1) is 5.69 Å². The Morgan fingerprint density at radius 2 is 1.66 bits per heavy atom. The molecule has 2 aromatic heterocycles. The number of aryl methyl sites for hydroxylation is 3. The van der Waals surface area contributed by atoms with Gasteiger partial charge in [0.25, 0.3) is 11.8 Å². The number of nitrogens with zero attached hydrogens (tertiary/aromatic N) is 1. The Labute approximate surface area is 191 Å². The lowest BCUT2D eigenvalue weighted by Crippen LogP contribution is -2.26. The van der Waals surface area contributed by atoms with Crippen LogP contribution in [0.2, 0.25) is 0 Å². The lowest BCUT2D eigenvalue weighted by molar-refractivity contribution is 0.0959. The minimum absolute atomic E-state index is 0.208. The summed E-state index contributed by atoms with van der Waals surface area (Å²) in [6.45, 7) is 6.38. The summed E-state index contributed by atoms with van der Waals surface area (Å²) in [5.74, 6) is -0.455. The highest BCUT2D eigenvalue weighted by Gasteiger charge is 2.23. The smallest absolute Gasteiger partial charge is 0.263 e. The number of anilines is 1. The van der Waals surface area contributed by atoms with E-state index < -0.39 is 0 Å². The van der Waals surface area contributed by atoms with E-state index >= 15 is 0 Å². The largest absolute Gasteiger partial charge is 0.351 e. The topological polar surface area (TPSA) is 71.1 Å². The summed E-state index contributed by atoms with van der Waals surface area (Å²) in [6, 6.07) is 19.3. The van der Waals surface area contributed by atoms with E-state index in [0.717, 1.165) is 39.0 Å². The standard InChI is InChI=1S/C26H25N3O2S/c1-16-9-11-20(12-10-16)24(30)29-22-21-17(2)15-18(3)28-26(21)32-23(22)25(31)27-14-13-19-7-5-4-6-8-19/h4-12,15H,13-14H2,1-3H3,(H,27,31)(H,29,30). The van der Waals surface area contributed by atoms with Crippen molar-refractivity contribution >= 4 is 39.1 Å². The molecule has 0 radical (unpaired) electrons. The predicted octanol–water partition coefficient (Wildman–Crippen LogP) is 5.45. The third kappa shape index (κ3) is 4.70. The zero-order chi connectivity index (χ0) is 22.7. The molecule has 5 nitrogen and oxygen atoms in total. The van der Waals surface area contributed by atoms with Crippen LogP contribution in [0.3, 0.4) is 0 Å². The molecule has 32 heavy (non-hydrogen) atoms. The minimum Gasteiger partial charge on any atom is -0.351 e. The van der Waals surface area contributed by atoms with Crippen LogP contribution in [0.4, 0.5) is 5.69 Å². The first-order valence-corrected chi connectivity index (χ1v) is 11.3. The van der Waals surface area contributed by atoms with Crippen molar-refractivity contribution in [1.29, 1.82) is 0 Å². The molecule has 0 unspecified atom stereocenters. The number of carbonyl (C=O) groups is 2. The average Bonchev–Trinajstić information content (AvgIpc) is 3.13. The van der Waals surface area contributed by atoms with E-state index in [1.165, 1.54) is 11.3 Å². The fraction of sp³-hybridized carbons (Fsp3) is 0.192. The van der Waals surface area contributed by atoms with Crippen LogP contribution in [-0.2, 0) is 6.42 Å². The quantitative estimate of drug-likeness (QED) is 0.416. The van der Waals surface area contributed by atoms with Crippen molar-refractivity contribution in [3.05, 3.63) is 93.5 Å². The summed E-state index contributed by atoms with van der Waals surface area (Å²) in [5.41, 5.74) is 5.16. The highest BCUT2D eigenvalue weighted by atomic mass is 32.1. The molecule has 0 saturated heterocycles. The summed E-state index contributed by atoms with van der Waals surface area (Å²) in [4.78, 5) is 31.9. The fourth-order valence-electron chi connectivity index (χ4n) is 3.66. The molecule has 4 aromatic rings. The molecule has 2 heterocycles. The van der Waals surface area contributed by atoms with E-state index in [0.29, 0.717) is 22.7 Å². The molecule has 0 aliphatic heterocycles. The van der Waals surface area contributed by atoms with Gasteiger partial charge in [0.1, 0.15) is 9.71 Å². The molecule has 0 aliphatic carbocycles. The molecule has 2 aromatic carbocycles. The molecule has 2 N–H and O–H groups in total. The number of benzene rings is 2. The molecule has 0 spiro atoms. The first kappa shape index (κ1) is 21.7. The third-order valence-electron chi connectivity index (χ3n) is 5.29. The van der Waals surface area contributed by atoms with Crippen LogP contribution in [0.25, 0.3) is 10.2 Å². The molecule has 0 aliphatic rings. The number of pyridine rings is 1. The summed E-state index contributed by atoms with van der Waals surface area (Å²) >= 11 is 1.31. The van der Waals surface area contributed by atoms with Gasteiger partial charge in [0.2, 0.25) is 0 Å². The molecule has 0 bridgehead atoms. The van der Waals surface area contributed by atoms with Gasteiger partial charge in [0.15, 0.2) is 0 Å². The number of aromatic nitrogens is 1. The summed E-state index contributed by atoms with van der Waals surface area (Å²) in [7, 11) is 0. The Balaban J connectivity index is 1.63. The first-order chi connectivity index (χ1) is 15.4. The number of hydrogen-bond donors (Lipinski definition) is 2. The number of rotatable bonds is 6. The van der Waals surface area contributed by atoms with Gasteiger partial charge < -0.3 is 10.6 Å². The van der Waals surface area contributed by atoms with Gasteiger partial charge in [-0.1, -0.05) is 48.0 Å². The van der Waals surface area contributed by atoms with Gasteiger partial charge in [-0.15, -0.1) is 11.3 Å². The Morgan fingerprint density at radius 3 is 2.38 bits per heavy atom. The Bertz CT molecular complexity index is 1280. The maximum Gasteiger partial charge on any atom is 0.263 e. The number of fused-ring (bicyclic) bond motifs is 1. The summed E-state index contributed by atoms with van der Waals surface area (Å²) in [6.07, 6.45) is 0.735. The number of hydrogen-bond acceptors (Lipinski definition) is 4. The second kappa shape index (κ2) is 9.32. The monoisotopic (exact) mass is 443 g/mol. The maximum atomic E-state index is 13.1. The molecule has 4 rings (SSSR count). The van der Waals surface area contributed by atoms with Crippen LogP contribution < -0.4 is 10.6 Å². The first-order valence-electron chi connectivity index (χ1n) is 10.5. The van der Waals surface area contributed by atoms with Crippen molar-refractivity contribution in [3.63, 3.8) is 0 Å². The maximum absolute atomic E-state index is 13.1. The highest BCUT2D eigenvalue weighted by Crippen LogP contribution is 2.37. The SMILES string of the molecule is Cc1ccc(C(=O)Nc2c(C(=O)NCCc3ccccc3)sc3nc(C)cc(C)c23)cc1. The van der Waals surface area contributed by atoms with Crippen molar-refractivity contribution in [2.45, 2.75) is 27.2 Å². The summed E-state index contributed by atoms with van der Waals surface area (Å²) in [5, 5.41) is 6.80. The van der Waals surface area contributed by atoms with E-state index in [1.807, 2.05) is 69.3 Å². The van der Waals surface area contributed by atoms with Crippen LogP contribution in [0.1, 0.15) is 42.4 Å². The normalized spacial score (nSPS) is 10.8. The zero-order valence-corrected chi connectivity index (χ0v) is 19.2. The van der Waals surface area contributed by atoms with Crippen molar-refractivity contribution in [3.8, 4) is 0 Å². The number of nitrogens with one attached hydrogen (secondary N) is 2. The lowest BCUT2D eigenvalue weighted by Gasteiger charge is -2.10. The predicted molar refractivity (Wildman–Crippen MR) is 131 cm³/mol. The van der Waals surface area contributed by atoms with Gasteiger partial charge >= 0.3 is 0 Å². The lowest BCUT2D eigenvalue weighted by atomic mass is 10.1. The van der Waals surface area contributed by atoms with E-state index in [9.17, 15) is 9.59 Å². The average molecular weight is 444 g/mol.